The van der Waals surface area contributed by atoms with Crippen LogP contribution in [0.1, 0.15) is 25.3 Å². The second kappa shape index (κ2) is 6.37. The fraction of sp³-hybridized carbons (Fsp3) is 0.500. The molecular weight excluding hydrogens is 264 g/mol. The Balaban J connectivity index is 2.06. The molecular formula is C16H24N4O. The van der Waals surface area contributed by atoms with E-state index in [-0.39, 0.29) is 5.41 Å². The average Bonchev–Trinajstić information content (AvgIpc) is 2.86. The van der Waals surface area contributed by atoms with Crippen LogP contribution >= 0.6 is 0 Å². The summed E-state index contributed by atoms with van der Waals surface area (Å²) in [5.41, 5.74) is 8.00. The highest BCUT2D eigenvalue weighted by atomic mass is 16.5. The first-order valence-corrected chi connectivity index (χ1v) is 7.18. The molecule has 5 nitrogen and oxygen atoms in total. The molecule has 0 aliphatic carbocycles. The van der Waals surface area contributed by atoms with Crippen LogP contribution in [-0.4, -0.2) is 35.2 Å². The quantitative estimate of drug-likeness (QED) is 0.884. The van der Waals surface area contributed by atoms with Crippen LogP contribution in [0.25, 0.3) is 11.4 Å². The first-order valence-electron chi connectivity index (χ1n) is 7.18. The minimum Gasteiger partial charge on any atom is -0.338 e. The number of rotatable bonds is 6. The normalized spacial score (nSPS) is 12.1. The summed E-state index contributed by atoms with van der Waals surface area (Å²) in [6.07, 6.45) is 0. The molecule has 2 rings (SSSR count). The summed E-state index contributed by atoms with van der Waals surface area (Å²) in [7, 11) is 2.04. The van der Waals surface area contributed by atoms with Gasteiger partial charge in [0.05, 0.1) is 6.54 Å². The van der Waals surface area contributed by atoms with Crippen LogP contribution in [0.4, 0.5) is 0 Å². The maximum Gasteiger partial charge on any atom is 0.241 e. The van der Waals surface area contributed by atoms with Crippen molar-refractivity contribution in [2.24, 2.45) is 11.1 Å². The minimum absolute atomic E-state index is 0.0770. The zero-order valence-corrected chi connectivity index (χ0v) is 13.3. The lowest BCUT2D eigenvalue weighted by Gasteiger charge is -2.27. The molecule has 0 atom stereocenters. The second-order valence-corrected chi connectivity index (χ2v) is 6.37. The van der Waals surface area contributed by atoms with E-state index in [1.54, 1.807) is 0 Å². The predicted molar refractivity (Wildman–Crippen MR) is 83.6 cm³/mol. The van der Waals surface area contributed by atoms with E-state index in [9.17, 15) is 0 Å². The van der Waals surface area contributed by atoms with Crippen LogP contribution in [0.3, 0.4) is 0 Å². The Morgan fingerprint density at radius 1 is 1.29 bits per heavy atom. The Labute approximate surface area is 126 Å². The number of benzene rings is 1. The number of aryl methyl sites for hydroxylation is 1. The maximum absolute atomic E-state index is 5.77. The lowest BCUT2D eigenvalue weighted by Crippen LogP contribution is -2.36. The van der Waals surface area contributed by atoms with Crippen LogP contribution in [-0.2, 0) is 6.54 Å². The summed E-state index contributed by atoms with van der Waals surface area (Å²) < 4.78 is 5.36. The van der Waals surface area contributed by atoms with E-state index in [1.165, 1.54) is 0 Å². The first kappa shape index (κ1) is 15.7. The second-order valence-electron chi connectivity index (χ2n) is 6.37. The van der Waals surface area contributed by atoms with Gasteiger partial charge in [0, 0.05) is 12.1 Å². The summed E-state index contributed by atoms with van der Waals surface area (Å²) in [6.45, 7) is 8.50. The molecule has 0 aliphatic heterocycles. The van der Waals surface area contributed by atoms with Crippen molar-refractivity contribution in [1.82, 2.24) is 15.0 Å². The molecule has 0 saturated heterocycles. The number of hydrogen-bond acceptors (Lipinski definition) is 5. The minimum atomic E-state index is 0.0770. The number of nitrogens with two attached hydrogens (primary N) is 1. The molecule has 0 saturated carbocycles. The summed E-state index contributed by atoms with van der Waals surface area (Å²) in [5.74, 6) is 1.28. The maximum atomic E-state index is 5.77. The third-order valence-electron chi connectivity index (χ3n) is 3.51. The standard InChI is InChI=1S/C16H24N4O/c1-12-7-5-6-8-13(12)15-18-14(21-19-15)9-20(4)11-16(2,3)10-17/h5-8H,9-11,17H2,1-4H3. The summed E-state index contributed by atoms with van der Waals surface area (Å²) >= 11 is 0. The van der Waals surface area contributed by atoms with Crippen molar-refractivity contribution in [2.45, 2.75) is 27.3 Å². The molecule has 0 radical (unpaired) electrons. The summed E-state index contributed by atoms with van der Waals surface area (Å²) in [6, 6.07) is 8.03. The van der Waals surface area contributed by atoms with Crippen LogP contribution < -0.4 is 5.73 Å². The Hall–Kier alpha value is -1.72. The fourth-order valence-corrected chi connectivity index (χ4v) is 2.33. The fourth-order valence-electron chi connectivity index (χ4n) is 2.33. The van der Waals surface area contributed by atoms with Crippen molar-refractivity contribution in [3.05, 3.63) is 35.7 Å². The van der Waals surface area contributed by atoms with Gasteiger partial charge in [0.1, 0.15) is 0 Å². The molecule has 0 amide bonds. The van der Waals surface area contributed by atoms with Gasteiger partial charge in [0.15, 0.2) is 0 Å². The molecule has 1 aromatic carbocycles. The van der Waals surface area contributed by atoms with Crippen LogP contribution in [0, 0.1) is 12.3 Å². The van der Waals surface area contributed by atoms with Gasteiger partial charge in [-0.05, 0) is 31.5 Å². The van der Waals surface area contributed by atoms with Crippen molar-refractivity contribution < 1.29 is 4.52 Å². The summed E-state index contributed by atoms with van der Waals surface area (Å²) in [4.78, 5) is 6.64. The molecule has 21 heavy (non-hydrogen) atoms. The molecule has 0 fully saturated rings. The highest BCUT2D eigenvalue weighted by molar-refractivity contribution is 5.58. The molecule has 1 heterocycles. The molecule has 0 unspecified atom stereocenters. The van der Waals surface area contributed by atoms with E-state index < -0.39 is 0 Å². The van der Waals surface area contributed by atoms with Gasteiger partial charge in [-0.2, -0.15) is 4.98 Å². The smallest absolute Gasteiger partial charge is 0.241 e. The number of hydrogen-bond donors (Lipinski definition) is 1. The van der Waals surface area contributed by atoms with Gasteiger partial charge in [-0.3, -0.25) is 4.90 Å². The topological polar surface area (TPSA) is 68.2 Å². The van der Waals surface area contributed by atoms with Gasteiger partial charge in [0.2, 0.25) is 11.7 Å². The molecule has 0 aliphatic rings. The lowest BCUT2D eigenvalue weighted by atomic mass is 9.93. The van der Waals surface area contributed by atoms with Gasteiger partial charge in [-0.1, -0.05) is 43.3 Å². The largest absolute Gasteiger partial charge is 0.338 e. The first-order chi connectivity index (χ1) is 9.91. The summed E-state index contributed by atoms with van der Waals surface area (Å²) in [5, 5.41) is 4.08. The van der Waals surface area contributed by atoms with E-state index in [1.807, 2.05) is 38.2 Å². The highest BCUT2D eigenvalue weighted by Crippen LogP contribution is 2.20. The number of aromatic nitrogens is 2. The molecule has 0 bridgehead atoms. The predicted octanol–water partition coefficient (Wildman–Crippen LogP) is 2.46. The highest BCUT2D eigenvalue weighted by Gasteiger charge is 2.20. The monoisotopic (exact) mass is 288 g/mol. The molecule has 2 N–H and O–H groups in total. The Morgan fingerprint density at radius 3 is 2.67 bits per heavy atom. The van der Waals surface area contributed by atoms with E-state index >= 15 is 0 Å². The van der Waals surface area contributed by atoms with E-state index in [4.69, 9.17) is 10.3 Å². The van der Waals surface area contributed by atoms with Gasteiger partial charge in [-0.15, -0.1) is 0 Å². The van der Waals surface area contributed by atoms with E-state index in [0.29, 0.717) is 24.8 Å². The molecule has 5 heteroatoms. The van der Waals surface area contributed by atoms with Crippen LogP contribution in [0.2, 0.25) is 0 Å². The molecule has 1 aromatic heterocycles. The number of nitrogens with zero attached hydrogens (tertiary/aromatic N) is 3. The van der Waals surface area contributed by atoms with Gasteiger partial charge >= 0.3 is 0 Å². The molecule has 2 aromatic rings. The average molecular weight is 288 g/mol. The third-order valence-corrected chi connectivity index (χ3v) is 3.51. The van der Waals surface area contributed by atoms with Crippen molar-refractivity contribution in [3.8, 4) is 11.4 Å². The lowest BCUT2D eigenvalue weighted by molar-refractivity contribution is 0.189. The van der Waals surface area contributed by atoms with Gasteiger partial charge in [-0.25, -0.2) is 0 Å². The van der Waals surface area contributed by atoms with Crippen LogP contribution in [0.15, 0.2) is 28.8 Å². The van der Waals surface area contributed by atoms with Gasteiger partial charge in [0.25, 0.3) is 0 Å². The molecule has 114 valence electrons. The van der Waals surface area contributed by atoms with Crippen molar-refractivity contribution in [3.63, 3.8) is 0 Å². The van der Waals surface area contributed by atoms with Crippen LogP contribution in [0.5, 0.6) is 0 Å². The molecule has 0 spiro atoms. The zero-order valence-electron chi connectivity index (χ0n) is 13.3. The van der Waals surface area contributed by atoms with E-state index in [2.05, 4.69) is 28.9 Å². The van der Waals surface area contributed by atoms with E-state index in [0.717, 1.165) is 17.7 Å². The van der Waals surface area contributed by atoms with Crippen molar-refractivity contribution in [1.29, 1.82) is 0 Å². The SMILES string of the molecule is Cc1ccccc1-c1noc(CN(C)CC(C)(C)CN)n1. The van der Waals surface area contributed by atoms with Crippen molar-refractivity contribution >= 4 is 0 Å². The third kappa shape index (κ3) is 4.12. The van der Waals surface area contributed by atoms with Crippen molar-refractivity contribution in [2.75, 3.05) is 20.1 Å². The Kier molecular flexibility index (Phi) is 4.75. The van der Waals surface area contributed by atoms with Gasteiger partial charge < -0.3 is 10.3 Å². The Morgan fingerprint density at radius 2 is 2.00 bits per heavy atom. The zero-order chi connectivity index (χ0) is 15.5. The Bertz CT molecular complexity index is 591.